The number of allylic oxidation sites excluding steroid dienone is 1. The van der Waals surface area contributed by atoms with E-state index in [1.165, 1.54) is 38.5 Å². The molecule has 6 unspecified atom stereocenters. The molecule has 0 aromatic heterocycles. The lowest BCUT2D eigenvalue weighted by atomic mass is 9.70. The largest absolute Gasteiger partial charge is 0.295 e. The SMILES string of the molecule is C=C(C)C(=O)CC1CC2CC1C1C(CCC)CCC21. The maximum atomic E-state index is 12.0. The summed E-state index contributed by atoms with van der Waals surface area (Å²) >= 11 is 0. The quantitative estimate of drug-likeness (QED) is 0.659. The number of hydrogen-bond donors (Lipinski definition) is 0. The molecule has 1 heteroatoms. The van der Waals surface area contributed by atoms with E-state index in [0.717, 1.165) is 41.6 Å². The minimum Gasteiger partial charge on any atom is -0.295 e. The van der Waals surface area contributed by atoms with E-state index in [1.807, 2.05) is 6.92 Å². The van der Waals surface area contributed by atoms with Crippen LogP contribution < -0.4 is 0 Å². The molecule has 3 rings (SSSR count). The molecule has 0 aromatic rings. The van der Waals surface area contributed by atoms with Gasteiger partial charge in [0.05, 0.1) is 0 Å². The van der Waals surface area contributed by atoms with Gasteiger partial charge in [0.2, 0.25) is 0 Å². The number of carbonyl (C=O) groups excluding carboxylic acids is 1. The third-order valence-electron chi connectivity index (χ3n) is 6.38. The lowest BCUT2D eigenvalue weighted by Gasteiger charge is -2.34. The first kappa shape index (κ1) is 13.4. The van der Waals surface area contributed by atoms with Crippen LogP contribution in [0.1, 0.15) is 58.8 Å². The highest BCUT2D eigenvalue weighted by Gasteiger charge is 2.56. The summed E-state index contributed by atoms with van der Waals surface area (Å²) in [6.07, 6.45) is 9.27. The first-order chi connectivity index (χ1) is 9.11. The van der Waals surface area contributed by atoms with Crippen molar-refractivity contribution in [1.82, 2.24) is 0 Å². The number of hydrogen-bond acceptors (Lipinski definition) is 1. The van der Waals surface area contributed by atoms with Crippen molar-refractivity contribution in [3.63, 3.8) is 0 Å². The highest BCUT2D eigenvalue weighted by molar-refractivity contribution is 5.94. The van der Waals surface area contributed by atoms with E-state index in [2.05, 4.69) is 13.5 Å². The maximum Gasteiger partial charge on any atom is 0.158 e. The summed E-state index contributed by atoms with van der Waals surface area (Å²) in [5, 5.41) is 0. The highest BCUT2D eigenvalue weighted by Crippen LogP contribution is 2.64. The van der Waals surface area contributed by atoms with Crippen LogP contribution in [0.5, 0.6) is 0 Å². The molecule has 0 spiro atoms. The Morgan fingerprint density at radius 2 is 1.95 bits per heavy atom. The second kappa shape index (κ2) is 5.07. The fraction of sp³-hybridized carbons (Fsp3) is 0.833. The molecule has 6 atom stereocenters. The Hall–Kier alpha value is -0.590. The summed E-state index contributed by atoms with van der Waals surface area (Å²) in [5.41, 5.74) is 0.760. The molecule has 19 heavy (non-hydrogen) atoms. The monoisotopic (exact) mass is 260 g/mol. The zero-order chi connectivity index (χ0) is 13.6. The number of carbonyl (C=O) groups is 1. The first-order valence-corrected chi connectivity index (χ1v) is 8.30. The van der Waals surface area contributed by atoms with Crippen LogP contribution in [0.3, 0.4) is 0 Å². The van der Waals surface area contributed by atoms with Gasteiger partial charge in [-0.05, 0) is 73.7 Å². The summed E-state index contributed by atoms with van der Waals surface area (Å²) < 4.78 is 0. The molecule has 0 amide bonds. The predicted octanol–water partition coefficient (Wildman–Crippen LogP) is 4.62. The van der Waals surface area contributed by atoms with Crippen molar-refractivity contribution in [3.8, 4) is 0 Å². The van der Waals surface area contributed by atoms with Crippen molar-refractivity contribution in [2.75, 3.05) is 0 Å². The topological polar surface area (TPSA) is 17.1 Å². The fourth-order valence-corrected chi connectivity index (χ4v) is 5.74. The highest BCUT2D eigenvalue weighted by atomic mass is 16.1. The summed E-state index contributed by atoms with van der Waals surface area (Å²) in [5.74, 6) is 5.82. The standard InChI is InChI=1S/C18H28O/c1-4-5-12-6-7-15-13-8-14(10-17(19)11(2)3)16(9-13)18(12)15/h12-16,18H,2,4-10H2,1,3H3. The molecule has 1 nitrogen and oxygen atoms in total. The fourth-order valence-electron chi connectivity index (χ4n) is 5.74. The van der Waals surface area contributed by atoms with Crippen molar-refractivity contribution in [1.29, 1.82) is 0 Å². The Labute approximate surface area is 117 Å². The van der Waals surface area contributed by atoms with Crippen LogP contribution in [0.4, 0.5) is 0 Å². The van der Waals surface area contributed by atoms with Crippen molar-refractivity contribution in [2.45, 2.75) is 58.8 Å². The second-order valence-corrected chi connectivity index (χ2v) is 7.43. The number of Topliss-reactive ketones (excluding diaryl/α,β-unsaturated/α-hetero) is 1. The molecule has 0 radical (unpaired) electrons. The smallest absolute Gasteiger partial charge is 0.158 e. The predicted molar refractivity (Wildman–Crippen MR) is 78.8 cm³/mol. The Bertz CT molecular complexity index is 383. The van der Waals surface area contributed by atoms with E-state index in [9.17, 15) is 4.79 Å². The van der Waals surface area contributed by atoms with Crippen LogP contribution in [0.15, 0.2) is 12.2 Å². The zero-order valence-electron chi connectivity index (χ0n) is 12.5. The van der Waals surface area contributed by atoms with Crippen LogP contribution in [-0.2, 0) is 4.79 Å². The van der Waals surface area contributed by atoms with Crippen LogP contribution in [0.2, 0.25) is 0 Å². The van der Waals surface area contributed by atoms with E-state index in [-0.39, 0.29) is 0 Å². The molecule has 2 bridgehead atoms. The van der Waals surface area contributed by atoms with Crippen LogP contribution in [-0.4, -0.2) is 5.78 Å². The van der Waals surface area contributed by atoms with Gasteiger partial charge in [-0.25, -0.2) is 0 Å². The van der Waals surface area contributed by atoms with Crippen LogP contribution in [0, 0.1) is 35.5 Å². The van der Waals surface area contributed by atoms with Crippen molar-refractivity contribution in [2.24, 2.45) is 35.5 Å². The Kier molecular flexibility index (Phi) is 3.57. The molecule has 0 aromatic carbocycles. The Balaban J connectivity index is 1.69. The summed E-state index contributed by atoms with van der Waals surface area (Å²) in [6, 6.07) is 0. The van der Waals surface area contributed by atoms with E-state index < -0.39 is 0 Å². The van der Waals surface area contributed by atoms with Gasteiger partial charge in [-0.3, -0.25) is 4.79 Å². The molecule has 3 fully saturated rings. The van der Waals surface area contributed by atoms with E-state index in [0.29, 0.717) is 11.7 Å². The van der Waals surface area contributed by atoms with Gasteiger partial charge in [0, 0.05) is 6.42 Å². The number of fused-ring (bicyclic) bond motifs is 5. The lowest BCUT2D eigenvalue weighted by Crippen LogP contribution is -2.29. The molecule has 3 aliphatic rings. The molecular weight excluding hydrogens is 232 g/mol. The van der Waals surface area contributed by atoms with Gasteiger partial charge in [0.25, 0.3) is 0 Å². The minimum absolute atomic E-state index is 0.319. The van der Waals surface area contributed by atoms with Gasteiger partial charge in [0.15, 0.2) is 5.78 Å². The lowest BCUT2D eigenvalue weighted by molar-refractivity contribution is -0.117. The molecular formula is C18H28O. The Morgan fingerprint density at radius 1 is 1.16 bits per heavy atom. The van der Waals surface area contributed by atoms with Gasteiger partial charge in [-0.1, -0.05) is 26.3 Å². The number of ketones is 1. The van der Waals surface area contributed by atoms with Crippen molar-refractivity contribution >= 4 is 5.78 Å². The average Bonchev–Trinajstić information content (AvgIpc) is 3.01. The molecule has 106 valence electrons. The third-order valence-corrected chi connectivity index (χ3v) is 6.38. The van der Waals surface area contributed by atoms with Gasteiger partial charge >= 0.3 is 0 Å². The third kappa shape index (κ3) is 2.19. The van der Waals surface area contributed by atoms with Crippen LogP contribution >= 0.6 is 0 Å². The van der Waals surface area contributed by atoms with Gasteiger partial charge in [-0.2, -0.15) is 0 Å². The molecule has 3 aliphatic carbocycles. The average molecular weight is 260 g/mol. The molecule has 0 heterocycles. The summed E-state index contributed by atoms with van der Waals surface area (Å²) in [4.78, 5) is 12.0. The van der Waals surface area contributed by atoms with Gasteiger partial charge in [-0.15, -0.1) is 0 Å². The van der Waals surface area contributed by atoms with Crippen molar-refractivity contribution in [3.05, 3.63) is 12.2 Å². The molecule has 0 N–H and O–H groups in total. The first-order valence-electron chi connectivity index (χ1n) is 8.30. The molecule has 3 saturated carbocycles. The van der Waals surface area contributed by atoms with Gasteiger partial charge < -0.3 is 0 Å². The van der Waals surface area contributed by atoms with Crippen molar-refractivity contribution < 1.29 is 4.79 Å². The summed E-state index contributed by atoms with van der Waals surface area (Å²) in [6.45, 7) is 8.01. The number of rotatable bonds is 5. The molecule has 0 aliphatic heterocycles. The normalized spacial score (nSPS) is 43.5. The van der Waals surface area contributed by atoms with E-state index >= 15 is 0 Å². The van der Waals surface area contributed by atoms with Crippen LogP contribution in [0.25, 0.3) is 0 Å². The minimum atomic E-state index is 0.319. The Morgan fingerprint density at radius 3 is 2.63 bits per heavy atom. The second-order valence-electron chi connectivity index (χ2n) is 7.43. The van der Waals surface area contributed by atoms with Gasteiger partial charge in [0.1, 0.15) is 0 Å². The zero-order valence-corrected chi connectivity index (χ0v) is 12.5. The summed E-state index contributed by atoms with van der Waals surface area (Å²) in [7, 11) is 0. The van der Waals surface area contributed by atoms with E-state index in [1.54, 1.807) is 0 Å². The molecule has 0 saturated heterocycles. The maximum absolute atomic E-state index is 12.0. The van der Waals surface area contributed by atoms with E-state index in [4.69, 9.17) is 0 Å².